The van der Waals surface area contributed by atoms with Crippen LogP contribution >= 0.6 is 23.7 Å². The van der Waals surface area contributed by atoms with E-state index in [0.29, 0.717) is 0 Å². The van der Waals surface area contributed by atoms with Gasteiger partial charge in [0.2, 0.25) is 0 Å². The molecule has 0 radical (unpaired) electrons. The van der Waals surface area contributed by atoms with Crippen LogP contribution in [0.15, 0.2) is 17.5 Å². The molecule has 98 valence electrons. The third-order valence-electron chi connectivity index (χ3n) is 3.69. The van der Waals surface area contributed by atoms with Crippen molar-refractivity contribution in [2.24, 2.45) is 5.92 Å². The summed E-state index contributed by atoms with van der Waals surface area (Å²) in [5.41, 5.74) is 0. The molecule has 0 aromatic carbocycles. The Morgan fingerprint density at radius 3 is 2.88 bits per heavy atom. The van der Waals surface area contributed by atoms with Crippen LogP contribution < -0.4 is 5.32 Å². The van der Waals surface area contributed by atoms with Gasteiger partial charge in [0.05, 0.1) is 0 Å². The zero-order valence-corrected chi connectivity index (χ0v) is 12.3. The maximum atomic E-state index is 3.77. The zero-order valence-electron chi connectivity index (χ0n) is 10.7. The van der Waals surface area contributed by atoms with Gasteiger partial charge in [-0.25, -0.2) is 0 Å². The molecular weight excluding hydrogens is 250 g/mol. The summed E-state index contributed by atoms with van der Waals surface area (Å²) < 4.78 is 0. The topological polar surface area (TPSA) is 12.0 Å². The molecule has 0 bridgehead atoms. The van der Waals surface area contributed by atoms with E-state index in [-0.39, 0.29) is 12.4 Å². The molecule has 1 N–H and O–H groups in total. The van der Waals surface area contributed by atoms with Gasteiger partial charge in [0.15, 0.2) is 0 Å². The Hall–Kier alpha value is -0.0500. The standard InChI is InChI=1S/C14H23NS.ClH/c1-2-6-12-7-3-4-9-14(12)15-11-13-8-5-10-16-13;/h5,8,10,12,14-15H,2-4,6-7,9,11H2,1H3;1H. The number of hydrogen-bond acceptors (Lipinski definition) is 2. The first-order chi connectivity index (χ1) is 7.90. The van der Waals surface area contributed by atoms with Crippen molar-refractivity contribution < 1.29 is 0 Å². The molecular formula is C14H24ClNS. The van der Waals surface area contributed by atoms with Crippen molar-refractivity contribution in [3.05, 3.63) is 22.4 Å². The van der Waals surface area contributed by atoms with Gasteiger partial charge in [0.25, 0.3) is 0 Å². The maximum absolute atomic E-state index is 3.77. The van der Waals surface area contributed by atoms with Crippen molar-refractivity contribution in [2.45, 2.75) is 58.0 Å². The first kappa shape index (κ1) is 15.0. The second-order valence-corrected chi connectivity index (χ2v) is 5.93. The predicted octanol–water partition coefficient (Wildman–Crippen LogP) is 4.62. The third kappa shape index (κ3) is 4.61. The smallest absolute Gasteiger partial charge is 0.0302 e. The molecule has 2 atom stereocenters. The third-order valence-corrected chi connectivity index (χ3v) is 4.56. The second kappa shape index (κ2) is 8.12. The summed E-state index contributed by atoms with van der Waals surface area (Å²) in [5.74, 6) is 0.929. The van der Waals surface area contributed by atoms with Crippen molar-refractivity contribution >= 4 is 23.7 Å². The summed E-state index contributed by atoms with van der Waals surface area (Å²) >= 11 is 1.86. The highest BCUT2D eigenvalue weighted by Crippen LogP contribution is 2.28. The van der Waals surface area contributed by atoms with Gasteiger partial charge in [0, 0.05) is 17.5 Å². The van der Waals surface area contributed by atoms with Crippen LogP contribution in [0, 0.1) is 5.92 Å². The van der Waals surface area contributed by atoms with Crippen LogP contribution in [0.4, 0.5) is 0 Å². The highest BCUT2D eigenvalue weighted by Gasteiger charge is 2.23. The predicted molar refractivity (Wildman–Crippen MR) is 79.1 cm³/mol. The minimum atomic E-state index is 0. The lowest BCUT2D eigenvalue weighted by Crippen LogP contribution is -2.37. The Balaban J connectivity index is 0.00000144. The van der Waals surface area contributed by atoms with E-state index in [4.69, 9.17) is 0 Å². The molecule has 1 aromatic heterocycles. The fourth-order valence-corrected chi connectivity index (χ4v) is 3.49. The fourth-order valence-electron chi connectivity index (χ4n) is 2.84. The van der Waals surface area contributed by atoms with E-state index in [9.17, 15) is 0 Å². The Morgan fingerprint density at radius 2 is 2.18 bits per heavy atom. The van der Waals surface area contributed by atoms with Crippen LogP contribution in [0.2, 0.25) is 0 Å². The highest BCUT2D eigenvalue weighted by molar-refractivity contribution is 7.09. The summed E-state index contributed by atoms with van der Waals surface area (Å²) in [6, 6.07) is 5.15. The van der Waals surface area contributed by atoms with E-state index in [0.717, 1.165) is 18.5 Å². The van der Waals surface area contributed by atoms with Gasteiger partial charge >= 0.3 is 0 Å². The lowest BCUT2D eigenvalue weighted by molar-refractivity contribution is 0.247. The maximum Gasteiger partial charge on any atom is 0.0302 e. The zero-order chi connectivity index (χ0) is 11.2. The average molecular weight is 274 g/mol. The molecule has 2 unspecified atom stereocenters. The van der Waals surface area contributed by atoms with E-state index in [1.807, 2.05) is 11.3 Å². The summed E-state index contributed by atoms with van der Waals surface area (Å²) in [7, 11) is 0. The summed E-state index contributed by atoms with van der Waals surface area (Å²) in [6.45, 7) is 3.38. The van der Waals surface area contributed by atoms with Crippen LogP contribution in [0.25, 0.3) is 0 Å². The van der Waals surface area contributed by atoms with Crippen molar-refractivity contribution in [3.63, 3.8) is 0 Å². The fraction of sp³-hybridized carbons (Fsp3) is 0.714. The molecule has 1 fully saturated rings. The largest absolute Gasteiger partial charge is 0.309 e. The quantitative estimate of drug-likeness (QED) is 0.826. The van der Waals surface area contributed by atoms with Crippen LogP contribution in [0.3, 0.4) is 0 Å². The number of halogens is 1. The molecule has 1 nitrogen and oxygen atoms in total. The Labute approximate surface area is 115 Å². The lowest BCUT2D eigenvalue weighted by Gasteiger charge is -2.32. The monoisotopic (exact) mass is 273 g/mol. The molecule has 0 aliphatic heterocycles. The van der Waals surface area contributed by atoms with Gasteiger partial charge in [-0.1, -0.05) is 32.3 Å². The minimum Gasteiger partial charge on any atom is -0.309 e. The van der Waals surface area contributed by atoms with Crippen molar-refractivity contribution in [3.8, 4) is 0 Å². The van der Waals surface area contributed by atoms with Gasteiger partial charge in [-0.05, 0) is 36.6 Å². The number of thiophene rings is 1. The normalized spacial score (nSPS) is 24.3. The van der Waals surface area contributed by atoms with Crippen LogP contribution in [0.5, 0.6) is 0 Å². The first-order valence-electron chi connectivity index (χ1n) is 6.66. The molecule has 1 heterocycles. The van der Waals surface area contributed by atoms with Gasteiger partial charge in [-0.15, -0.1) is 23.7 Å². The molecule has 1 aliphatic rings. The van der Waals surface area contributed by atoms with Crippen LogP contribution in [-0.2, 0) is 6.54 Å². The van der Waals surface area contributed by atoms with Gasteiger partial charge in [-0.2, -0.15) is 0 Å². The summed E-state index contributed by atoms with van der Waals surface area (Å²) in [4.78, 5) is 1.47. The first-order valence-corrected chi connectivity index (χ1v) is 7.54. The SMILES string of the molecule is CCCC1CCCCC1NCc1cccs1.Cl. The van der Waals surface area contributed by atoms with Crippen LogP contribution in [-0.4, -0.2) is 6.04 Å². The lowest BCUT2D eigenvalue weighted by atomic mass is 9.82. The highest BCUT2D eigenvalue weighted by atomic mass is 35.5. The molecule has 17 heavy (non-hydrogen) atoms. The molecule has 1 saturated carbocycles. The van der Waals surface area contributed by atoms with Crippen molar-refractivity contribution in [1.82, 2.24) is 5.32 Å². The van der Waals surface area contributed by atoms with Crippen LogP contribution in [0.1, 0.15) is 50.3 Å². The summed E-state index contributed by atoms with van der Waals surface area (Å²) in [5, 5.41) is 5.94. The van der Waals surface area contributed by atoms with E-state index < -0.39 is 0 Å². The molecule has 1 aromatic rings. The molecule has 1 aliphatic carbocycles. The van der Waals surface area contributed by atoms with Crippen molar-refractivity contribution in [1.29, 1.82) is 0 Å². The van der Waals surface area contributed by atoms with E-state index in [1.165, 1.54) is 43.4 Å². The minimum absolute atomic E-state index is 0. The second-order valence-electron chi connectivity index (χ2n) is 4.90. The number of rotatable bonds is 5. The average Bonchev–Trinajstić information content (AvgIpc) is 2.81. The Bertz CT molecular complexity index is 284. The van der Waals surface area contributed by atoms with Crippen molar-refractivity contribution in [2.75, 3.05) is 0 Å². The van der Waals surface area contributed by atoms with E-state index >= 15 is 0 Å². The molecule has 0 amide bonds. The Kier molecular flexibility index (Phi) is 7.17. The number of nitrogens with one attached hydrogen (secondary N) is 1. The van der Waals surface area contributed by atoms with Gasteiger partial charge < -0.3 is 5.32 Å². The Morgan fingerprint density at radius 1 is 1.35 bits per heavy atom. The van der Waals surface area contributed by atoms with Gasteiger partial charge in [0.1, 0.15) is 0 Å². The van der Waals surface area contributed by atoms with E-state index in [2.05, 4.69) is 29.8 Å². The molecule has 0 saturated heterocycles. The molecule has 0 spiro atoms. The number of hydrogen-bond donors (Lipinski definition) is 1. The molecule has 3 heteroatoms. The summed E-state index contributed by atoms with van der Waals surface area (Å²) in [6.07, 6.45) is 8.43. The van der Waals surface area contributed by atoms with Gasteiger partial charge in [-0.3, -0.25) is 0 Å². The van der Waals surface area contributed by atoms with E-state index in [1.54, 1.807) is 0 Å². The molecule has 2 rings (SSSR count).